The van der Waals surface area contributed by atoms with Crippen molar-refractivity contribution in [1.29, 1.82) is 0 Å². The van der Waals surface area contributed by atoms with E-state index in [0.29, 0.717) is 11.7 Å². The van der Waals surface area contributed by atoms with Crippen LogP contribution >= 0.6 is 0 Å². The van der Waals surface area contributed by atoms with E-state index in [0.717, 1.165) is 75.6 Å². The molecule has 3 aliphatic heterocycles. The van der Waals surface area contributed by atoms with Crippen molar-refractivity contribution in [1.82, 2.24) is 15.1 Å². The first-order valence-corrected chi connectivity index (χ1v) is 13.1. The van der Waals surface area contributed by atoms with Crippen LogP contribution < -0.4 is 10.6 Å². The Bertz CT molecular complexity index is 930. The van der Waals surface area contributed by atoms with E-state index in [1.807, 2.05) is 46.0 Å². The van der Waals surface area contributed by atoms with Crippen molar-refractivity contribution in [3.8, 4) is 0 Å². The number of benzene rings is 1. The summed E-state index contributed by atoms with van der Waals surface area (Å²) in [5.74, 6) is 1.26. The lowest BCUT2D eigenvalue weighted by molar-refractivity contribution is 0.0576. The highest BCUT2D eigenvalue weighted by atomic mass is 16.3. The number of nitrogens with zero attached hydrogens (tertiary/aromatic N) is 5. The fourth-order valence-corrected chi connectivity index (χ4v) is 4.21. The van der Waals surface area contributed by atoms with Gasteiger partial charge in [0.15, 0.2) is 0 Å². The second kappa shape index (κ2) is 16.0. The highest BCUT2D eigenvalue weighted by molar-refractivity contribution is 5.97. The molecule has 1 unspecified atom stereocenters. The van der Waals surface area contributed by atoms with Crippen LogP contribution in [-0.4, -0.2) is 78.8 Å². The van der Waals surface area contributed by atoms with Gasteiger partial charge in [0, 0.05) is 57.2 Å². The van der Waals surface area contributed by atoms with Crippen LogP contribution in [0.5, 0.6) is 0 Å². The van der Waals surface area contributed by atoms with Crippen molar-refractivity contribution in [3.05, 3.63) is 53.9 Å². The first-order chi connectivity index (χ1) is 17.5. The number of amidine groups is 1. The molecule has 3 aliphatic rings. The van der Waals surface area contributed by atoms with Crippen LogP contribution in [0.1, 0.15) is 52.5 Å². The van der Waals surface area contributed by atoms with Gasteiger partial charge in [-0.2, -0.15) is 0 Å². The number of guanidine groups is 1. The molecule has 1 atom stereocenters. The zero-order valence-electron chi connectivity index (χ0n) is 22.6. The first-order valence-electron chi connectivity index (χ1n) is 13.1. The number of fused-ring (bicyclic) bond motifs is 12. The highest BCUT2D eigenvalue weighted by Crippen LogP contribution is 2.17. The van der Waals surface area contributed by atoms with Crippen molar-refractivity contribution < 1.29 is 5.11 Å². The quantitative estimate of drug-likeness (QED) is 0.507. The summed E-state index contributed by atoms with van der Waals surface area (Å²) in [5, 5.41) is 16.4. The molecule has 0 aliphatic carbocycles. The number of hydrogen-bond donors (Lipinski definition) is 3. The topological polar surface area (TPSA) is 87.8 Å². The minimum absolute atomic E-state index is 0.215. The summed E-state index contributed by atoms with van der Waals surface area (Å²) >= 11 is 0. The lowest BCUT2D eigenvalue weighted by Crippen LogP contribution is -2.51. The zero-order valence-corrected chi connectivity index (χ0v) is 22.6. The van der Waals surface area contributed by atoms with Crippen LogP contribution in [0.25, 0.3) is 0 Å². The Morgan fingerprint density at radius 1 is 1.14 bits per heavy atom. The smallest absolute Gasteiger partial charge is 0.227 e. The summed E-state index contributed by atoms with van der Waals surface area (Å²) in [6.07, 6.45) is 4.92. The molecule has 36 heavy (non-hydrogen) atoms. The zero-order chi connectivity index (χ0) is 26.3. The molecule has 0 spiro atoms. The molecule has 8 nitrogen and oxygen atoms in total. The number of allylic oxidation sites excluding steroid dienone is 1. The lowest BCUT2D eigenvalue weighted by atomic mass is 10.1. The number of aliphatic hydroxyl groups is 1. The fraction of sp³-hybridized carbons (Fsp3) is 0.536. The van der Waals surface area contributed by atoms with Gasteiger partial charge in [-0.05, 0) is 63.1 Å². The predicted molar refractivity (Wildman–Crippen MR) is 154 cm³/mol. The van der Waals surface area contributed by atoms with Gasteiger partial charge in [0.25, 0.3) is 0 Å². The molecular weight excluding hydrogens is 450 g/mol. The van der Waals surface area contributed by atoms with Gasteiger partial charge in [-0.25, -0.2) is 9.98 Å². The average Bonchev–Trinajstić information content (AvgIpc) is 2.90. The number of rotatable bonds is 1. The lowest BCUT2D eigenvalue weighted by Gasteiger charge is -2.38. The van der Waals surface area contributed by atoms with E-state index >= 15 is 0 Å². The first kappa shape index (κ1) is 29.4. The van der Waals surface area contributed by atoms with Crippen molar-refractivity contribution in [2.45, 2.75) is 59.5 Å². The standard InChI is InChI=1S/C26H39N7O.C2H6/c1-20-17-29-22(3)28-11-6-5-10-25(19-34)33-14-12-32(13-15-33)18-23-8-7-9-24(16-23)31-26(27-4)30-21(20)2;1-2/h7-9,16-17,25,34H,2,4-6,10-15,18-19H2,1,3H3,(H,28,29)(H,30,31);1-2H3/b20-17+;. The third-order valence-electron chi connectivity index (χ3n) is 6.36. The van der Waals surface area contributed by atoms with Crippen LogP contribution in [0.2, 0.25) is 0 Å². The fourth-order valence-electron chi connectivity index (χ4n) is 4.21. The van der Waals surface area contributed by atoms with E-state index in [2.05, 4.69) is 60.8 Å². The SMILES string of the molecule is C=NC1=NC(=C)/C(C)=C/NC(C)=NCCCCC(CO)N2CCN(CC2)Cc2cccc(c2)N1.CC. The monoisotopic (exact) mass is 495 g/mol. The summed E-state index contributed by atoms with van der Waals surface area (Å²) in [6, 6.07) is 8.55. The van der Waals surface area contributed by atoms with Gasteiger partial charge in [-0.1, -0.05) is 32.6 Å². The van der Waals surface area contributed by atoms with Crippen LogP contribution in [0.3, 0.4) is 0 Å². The number of nitrogens with one attached hydrogen (secondary N) is 2. The van der Waals surface area contributed by atoms with Gasteiger partial charge >= 0.3 is 0 Å². The molecule has 1 saturated heterocycles. The summed E-state index contributed by atoms with van der Waals surface area (Å²) in [7, 11) is 0. The van der Waals surface area contributed by atoms with Crippen molar-refractivity contribution >= 4 is 24.2 Å². The molecule has 3 heterocycles. The second-order valence-corrected chi connectivity index (χ2v) is 8.95. The molecule has 0 saturated carbocycles. The van der Waals surface area contributed by atoms with E-state index in [1.54, 1.807) is 0 Å². The van der Waals surface area contributed by atoms with E-state index in [1.165, 1.54) is 5.56 Å². The summed E-state index contributed by atoms with van der Waals surface area (Å²) in [4.78, 5) is 18.1. The summed E-state index contributed by atoms with van der Waals surface area (Å²) in [6.45, 7) is 21.4. The Hall–Kier alpha value is -2.81. The Morgan fingerprint density at radius 2 is 1.89 bits per heavy atom. The normalized spacial score (nSPS) is 25.6. The van der Waals surface area contributed by atoms with Crippen LogP contribution in [-0.2, 0) is 6.54 Å². The number of aliphatic hydroxyl groups excluding tert-OH is 1. The van der Waals surface area contributed by atoms with Crippen LogP contribution in [0.15, 0.2) is 63.3 Å². The molecule has 1 aromatic carbocycles. The second-order valence-electron chi connectivity index (χ2n) is 8.95. The van der Waals surface area contributed by atoms with E-state index < -0.39 is 0 Å². The van der Waals surface area contributed by atoms with E-state index in [4.69, 9.17) is 0 Å². The molecule has 8 heteroatoms. The van der Waals surface area contributed by atoms with Gasteiger partial charge in [-0.15, -0.1) is 0 Å². The van der Waals surface area contributed by atoms with Crippen molar-refractivity contribution in [2.24, 2.45) is 15.0 Å². The Balaban J connectivity index is 0.00000222. The molecular formula is C28H45N7O. The maximum atomic E-state index is 9.96. The average molecular weight is 496 g/mol. The van der Waals surface area contributed by atoms with Crippen LogP contribution in [0.4, 0.5) is 5.69 Å². The van der Waals surface area contributed by atoms with Gasteiger partial charge in [0.05, 0.1) is 18.1 Å². The van der Waals surface area contributed by atoms with Gasteiger partial charge in [0.1, 0.15) is 0 Å². The maximum absolute atomic E-state index is 9.96. The number of hydrogen-bond acceptors (Lipinski definition) is 8. The molecule has 3 N–H and O–H groups in total. The minimum atomic E-state index is 0.215. The molecule has 4 rings (SSSR count). The third-order valence-corrected chi connectivity index (χ3v) is 6.36. The van der Waals surface area contributed by atoms with Crippen molar-refractivity contribution in [2.75, 3.05) is 44.6 Å². The van der Waals surface area contributed by atoms with E-state index in [-0.39, 0.29) is 12.6 Å². The Labute approximate surface area is 217 Å². The molecule has 0 aromatic heterocycles. The Kier molecular flexibility index (Phi) is 13.1. The molecule has 0 amide bonds. The number of anilines is 1. The minimum Gasteiger partial charge on any atom is -0.395 e. The van der Waals surface area contributed by atoms with Crippen molar-refractivity contribution in [3.63, 3.8) is 0 Å². The molecule has 1 aromatic rings. The third kappa shape index (κ3) is 9.68. The van der Waals surface area contributed by atoms with Gasteiger partial charge in [-0.3, -0.25) is 14.8 Å². The summed E-state index contributed by atoms with van der Waals surface area (Å²) < 4.78 is 0. The molecule has 1 fully saturated rings. The van der Waals surface area contributed by atoms with Gasteiger partial charge < -0.3 is 15.7 Å². The largest absolute Gasteiger partial charge is 0.395 e. The molecule has 4 bridgehead atoms. The van der Waals surface area contributed by atoms with Gasteiger partial charge in [0.2, 0.25) is 5.96 Å². The predicted octanol–water partition coefficient (Wildman–Crippen LogP) is 4.27. The summed E-state index contributed by atoms with van der Waals surface area (Å²) in [5.41, 5.74) is 3.63. The number of piperazine rings is 1. The maximum Gasteiger partial charge on any atom is 0.227 e. The molecule has 198 valence electrons. The molecule has 0 radical (unpaired) electrons. The number of aliphatic imine (C=N–C) groups is 3. The highest BCUT2D eigenvalue weighted by Gasteiger charge is 2.23. The van der Waals surface area contributed by atoms with Crippen LogP contribution in [0, 0.1) is 0 Å². The Morgan fingerprint density at radius 3 is 2.58 bits per heavy atom. The van der Waals surface area contributed by atoms with E-state index in [9.17, 15) is 5.11 Å².